The van der Waals surface area contributed by atoms with Gasteiger partial charge >= 0.3 is 0 Å². The van der Waals surface area contributed by atoms with Gasteiger partial charge in [0.15, 0.2) is 0 Å². The number of amides is 1. The van der Waals surface area contributed by atoms with Crippen LogP contribution in [0.3, 0.4) is 0 Å². The highest BCUT2D eigenvalue weighted by molar-refractivity contribution is 6.30. The Morgan fingerprint density at radius 1 is 1.09 bits per heavy atom. The standard InChI is InChI=1S/C18H20ClN3O/c1-11-7-12(2)9-15(8-11)20-18(23)17-10-16(21-22-17)13-3-5-14(19)6-4-13/h3-9,16-17,21-22H,10H2,1-2H3,(H,20,23). The van der Waals surface area contributed by atoms with E-state index in [1.54, 1.807) is 0 Å². The zero-order chi connectivity index (χ0) is 16.4. The van der Waals surface area contributed by atoms with Gasteiger partial charge in [0, 0.05) is 16.8 Å². The van der Waals surface area contributed by atoms with Crippen molar-refractivity contribution in [3.63, 3.8) is 0 Å². The summed E-state index contributed by atoms with van der Waals surface area (Å²) < 4.78 is 0. The van der Waals surface area contributed by atoms with Crippen molar-refractivity contribution in [3.05, 3.63) is 64.2 Å². The molecule has 3 rings (SSSR count). The molecule has 1 aliphatic rings. The molecule has 0 saturated carbocycles. The first kappa shape index (κ1) is 16.0. The molecule has 4 nitrogen and oxygen atoms in total. The van der Waals surface area contributed by atoms with Crippen LogP contribution in [-0.4, -0.2) is 11.9 Å². The predicted octanol–water partition coefficient (Wildman–Crippen LogP) is 3.50. The Labute approximate surface area is 141 Å². The van der Waals surface area contributed by atoms with Gasteiger partial charge in [-0.25, -0.2) is 10.9 Å². The molecular weight excluding hydrogens is 310 g/mol. The van der Waals surface area contributed by atoms with Crippen molar-refractivity contribution < 1.29 is 4.79 Å². The largest absolute Gasteiger partial charge is 0.325 e. The molecule has 1 aliphatic heterocycles. The first-order valence-corrected chi connectivity index (χ1v) is 8.05. The van der Waals surface area contributed by atoms with E-state index in [0.717, 1.165) is 22.4 Å². The lowest BCUT2D eigenvalue weighted by molar-refractivity contribution is -0.117. The van der Waals surface area contributed by atoms with Crippen LogP contribution in [0.15, 0.2) is 42.5 Å². The quantitative estimate of drug-likeness (QED) is 0.807. The van der Waals surface area contributed by atoms with Gasteiger partial charge in [0.25, 0.3) is 0 Å². The van der Waals surface area contributed by atoms with Crippen molar-refractivity contribution in [3.8, 4) is 0 Å². The summed E-state index contributed by atoms with van der Waals surface area (Å²) in [6.45, 7) is 4.04. The van der Waals surface area contributed by atoms with Crippen molar-refractivity contribution in [2.45, 2.75) is 32.4 Å². The molecule has 0 radical (unpaired) electrons. The van der Waals surface area contributed by atoms with E-state index in [2.05, 4.69) is 22.2 Å². The molecule has 2 atom stereocenters. The number of halogens is 1. The molecule has 3 N–H and O–H groups in total. The molecule has 1 saturated heterocycles. The Bertz CT molecular complexity index is 694. The lowest BCUT2D eigenvalue weighted by atomic mass is 10.0. The molecule has 0 aromatic heterocycles. The smallest absolute Gasteiger partial charge is 0.242 e. The van der Waals surface area contributed by atoms with Crippen molar-refractivity contribution in [2.24, 2.45) is 0 Å². The minimum atomic E-state index is -0.267. The summed E-state index contributed by atoms with van der Waals surface area (Å²) in [5, 5.41) is 3.70. The maximum Gasteiger partial charge on any atom is 0.242 e. The Morgan fingerprint density at radius 2 is 1.74 bits per heavy atom. The van der Waals surface area contributed by atoms with E-state index >= 15 is 0 Å². The number of benzene rings is 2. The number of aryl methyl sites for hydroxylation is 2. The summed E-state index contributed by atoms with van der Waals surface area (Å²) in [5.74, 6) is -0.0287. The molecule has 1 heterocycles. The van der Waals surface area contributed by atoms with Crippen LogP contribution in [0.4, 0.5) is 5.69 Å². The average Bonchev–Trinajstić information content (AvgIpc) is 2.97. The van der Waals surface area contributed by atoms with Gasteiger partial charge in [-0.1, -0.05) is 29.8 Å². The highest BCUT2D eigenvalue weighted by Gasteiger charge is 2.30. The Hall–Kier alpha value is -1.88. The van der Waals surface area contributed by atoms with Gasteiger partial charge in [-0.15, -0.1) is 0 Å². The SMILES string of the molecule is Cc1cc(C)cc(NC(=O)C2CC(c3ccc(Cl)cc3)NN2)c1. The average molecular weight is 330 g/mol. The molecule has 120 valence electrons. The fourth-order valence-electron chi connectivity index (χ4n) is 2.92. The van der Waals surface area contributed by atoms with Gasteiger partial charge in [0.1, 0.15) is 6.04 Å². The minimum absolute atomic E-state index is 0.0287. The van der Waals surface area contributed by atoms with Gasteiger partial charge < -0.3 is 5.32 Å². The molecule has 2 unspecified atom stereocenters. The lowest BCUT2D eigenvalue weighted by Gasteiger charge is -2.12. The zero-order valence-electron chi connectivity index (χ0n) is 13.2. The Morgan fingerprint density at radius 3 is 2.39 bits per heavy atom. The zero-order valence-corrected chi connectivity index (χ0v) is 13.9. The molecule has 0 aliphatic carbocycles. The van der Waals surface area contributed by atoms with E-state index in [4.69, 9.17) is 11.6 Å². The van der Waals surface area contributed by atoms with Gasteiger partial charge in [-0.2, -0.15) is 0 Å². The summed E-state index contributed by atoms with van der Waals surface area (Å²) in [4.78, 5) is 12.4. The van der Waals surface area contributed by atoms with Crippen molar-refractivity contribution >= 4 is 23.2 Å². The third-order valence-electron chi connectivity index (χ3n) is 3.98. The molecule has 1 fully saturated rings. The molecule has 23 heavy (non-hydrogen) atoms. The van der Waals surface area contributed by atoms with Crippen molar-refractivity contribution in [1.82, 2.24) is 10.9 Å². The van der Waals surface area contributed by atoms with E-state index in [-0.39, 0.29) is 18.0 Å². The summed E-state index contributed by atoms with van der Waals surface area (Å²) in [6.07, 6.45) is 0.693. The minimum Gasteiger partial charge on any atom is -0.325 e. The molecule has 0 bridgehead atoms. The van der Waals surface area contributed by atoms with Gasteiger partial charge in [0.05, 0.1) is 0 Å². The third-order valence-corrected chi connectivity index (χ3v) is 4.23. The van der Waals surface area contributed by atoms with E-state index in [1.165, 1.54) is 0 Å². The Balaban J connectivity index is 1.64. The lowest BCUT2D eigenvalue weighted by Crippen LogP contribution is -2.39. The second kappa shape index (κ2) is 6.71. The highest BCUT2D eigenvalue weighted by atomic mass is 35.5. The highest BCUT2D eigenvalue weighted by Crippen LogP contribution is 2.24. The summed E-state index contributed by atoms with van der Waals surface area (Å²) in [6, 6.07) is 13.6. The number of carbonyl (C=O) groups is 1. The third kappa shape index (κ3) is 3.91. The van der Waals surface area contributed by atoms with Crippen LogP contribution in [0.5, 0.6) is 0 Å². The molecular formula is C18H20ClN3O. The molecule has 5 heteroatoms. The number of carbonyl (C=O) groups excluding carboxylic acids is 1. The second-order valence-corrected chi connectivity index (χ2v) is 6.48. The number of hydrogen-bond acceptors (Lipinski definition) is 3. The monoisotopic (exact) mass is 329 g/mol. The second-order valence-electron chi connectivity index (χ2n) is 6.05. The Kier molecular flexibility index (Phi) is 4.66. The first-order valence-electron chi connectivity index (χ1n) is 7.67. The van der Waals surface area contributed by atoms with Crippen molar-refractivity contribution in [1.29, 1.82) is 0 Å². The van der Waals surface area contributed by atoms with Crippen molar-refractivity contribution in [2.75, 3.05) is 5.32 Å². The fourth-order valence-corrected chi connectivity index (χ4v) is 3.04. The van der Waals surface area contributed by atoms with Crippen LogP contribution in [0.2, 0.25) is 5.02 Å². The van der Waals surface area contributed by atoms with E-state index in [0.29, 0.717) is 11.4 Å². The number of nitrogens with one attached hydrogen (secondary N) is 3. The molecule has 2 aromatic rings. The first-order chi connectivity index (χ1) is 11.0. The van der Waals surface area contributed by atoms with Crippen LogP contribution in [0.25, 0.3) is 0 Å². The van der Waals surface area contributed by atoms with Crippen LogP contribution in [-0.2, 0) is 4.79 Å². The number of anilines is 1. The van der Waals surface area contributed by atoms with Crippen LogP contribution < -0.4 is 16.2 Å². The van der Waals surface area contributed by atoms with Gasteiger partial charge in [-0.3, -0.25) is 4.79 Å². The number of hydrogen-bond donors (Lipinski definition) is 3. The maximum atomic E-state index is 12.4. The van der Waals surface area contributed by atoms with E-state index in [9.17, 15) is 4.79 Å². The fraction of sp³-hybridized carbons (Fsp3) is 0.278. The van der Waals surface area contributed by atoms with E-state index in [1.807, 2.05) is 50.2 Å². The van der Waals surface area contributed by atoms with Gasteiger partial charge in [-0.05, 0) is 61.2 Å². The van der Waals surface area contributed by atoms with Crippen LogP contribution in [0, 0.1) is 13.8 Å². The van der Waals surface area contributed by atoms with Crippen LogP contribution in [0.1, 0.15) is 29.2 Å². The van der Waals surface area contributed by atoms with E-state index < -0.39 is 0 Å². The predicted molar refractivity (Wildman–Crippen MR) is 93.4 cm³/mol. The number of rotatable bonds is 3. The molecule has 2 aromatic carbocycles. The topological polar surface area (TPSA) is 53.2 Å². The normalized spacial score (nSPS) is 20.5. The molecule has 1 amide bonds. The number of hydrazine groups is 1. The maximum absolute atomic E-state index is 12.4. The molecule has 0 spiro atoms. The van der Waals surface area contributed by atoms with Gasteiger partial charge in [0.2, 0.25) is 5.91 Å². The summed E-state index contributed by atoms with van der Waals surface area (Å²) in [7, 11) is 0. The van der Waals surface area contributed by atoms with Crippen LogP contribution >= 0.6 is 11.6 Å². The summed E-state index contributed by atoms with van der Waals surface area (Å²) >= 11 is 5.91. The summed E-state index contributed by atoms with van der Waals surface area (Å²) in [5.41, 5.74) is 10.5.